The Morgan fingerprint density at radius 2 is 1.10 bits per heavy atom. The molecule has 0 radical (unpaired) electrons. The third-order valence-electron chi connectivity index (χ3n) is 3.64. The normalized spacial score (nSPS) is 14.2. The van der Waals surface area contributed by atoms with Gasteiger partial charge >= 0.3 is 11.9 Å². The van der Waals surface area contributed by atoms with Crippen molar-refractivity contribution in [1.82, 2.24) is 5.06 Å². The summed E-state index contributed by atoms with van der Waals surface area (Å²) in [4.78, 5) is 50.4. The van der Waals surface area contributed by atoms with Crippen LogP contribution in [0.1, 0.15) is 46.5 Å². The van der Waals surface area contributed by atoms with Crippen LogP contribution in [-0.2, 0) is 47.7 Å². The quantitative estimate of drug-likeness (QED) is 0.190. The lowest BCUT2D eigenvalue weighted by molar-refractivity contribution is -0.198. The average molecular weight is 447 g/mol. The molecule has 0 aromatic carbocycles. The molecule has 0 atom stereocenters. The molecule has 178 valence electrons. The summed E-state index contributed by atoms with van der Waals surface area (Å²) in [6.07, 6.45) is 0.246. The maximum absolute atomic E-state index is 11.6. The van der Waals surface area contributed by atoms with Crippen molar-refractivity contribution in [3.8, 4) is 0 Å². The summed E-state index contributed by atoms with van der Waals surface area (Å²) >= 11 is 0. The van der Waals surface area contributed by atoms with E-state index in [0.29, 0.717) is 38.1 Å². The van der Waals surface area contributed by atoms with E-state index in [1.807, 2.05) is 20.8 Å². The zero-order valence-corrected chi connectivity index (χ0v) is 18.5. The maximum atomic E-state index is 11.6. The third kappa shape index (κ3) is 13.8. The van der Waals surface area contributed by atoms with Gasteiger partial charge in [-0.3, -0.25) is 14.4 Å². The minimum absolute atomic E-state index is 0.0603. The molecule has 1 aliphatic heterocycles. The van der Waals surface area contributed by atoms with E-state index in [9.17, 15) is 19.2 Å². The van der Waals surface area contributed by atoms with Crippen LogP contribution in [0.2, 0.25) is 0 Å². The lowest BCUT2D eigenvalue weighted by Crippen LogP contribution is -2.32. The number of imide groups is 1. The SMILES string of the molecule is CC(C)(C)OC(=O)CCOCCOCCOCCOCCC(=O)ON1C(=O)CCC1=O. The average Bonchev–Trinajstić information content (AvgIpc) is 2.98. The van der Waals surface area contributed by atoms with Gasteiger partial charge in [0.1, 0.15) is 5.60 Å². The summed E-state index contributed by atoms with van der Waals surface area (Å²) in [6.45, 7) is 7.95. The maximum Gasteiger partial charge on any atom is 0.335 e. The second-order valence-electron chi connectivity index (χ2n) is 7.58. The Hall–Kier alpha value is -2.08. The molecule has 1 fully saturated rings. The van der Waals surface area contributed by atoms with Crippen LogP contribution in [0.5, 0.6) is 0 Å². The number of rotatable bonds is 16. The summed E-state index contributed by atoms with van der Waals surface area (Å²) in [6, 6.07) is 0. The number of hydroxylamine groups is 2. The molecule has 0 bridgehead atoms. The highest BCUT2D eigenvalue weighted by Crippen LogP contribution is 2.12. The predicted octanol–water partition coefficient (Wildman–Crippen LogP) is 0.782. The van der Waals surface area contributed by atoms with Crippen LogP contribution in [0.25, 0.3) is 0 Å². The number of hydrogen-bond donors (Lipinski definition) is 0. The van der Waals surface area contributed by atoms with Gasteiger partial charge in [0, 0.05) is 12.8 Å². The van der Waals surface area contributed by atoms with Gasteiger partial charge in [-0.1, -0.05) is 0 Å². The number of hydrogen-bond acceptors (Lipinski definition) is 10. The fourth-order valence-corrected chi connectivity index (χ4v) is 2.27. The highest BCUT2D eigenvalue weighted by molar-refractivity contribution is 6.01. The largest absolute Gasteiger partial charge is 0.460 e. The number of carbonyl (C=O) groups is 4. The molecule has 0 aromatic heterocycles. The van der Waals surface area contributed by atoms with Crippen LogP contribution < -0.4 is 0 Å². The molecule has 0 aromatic rings. The standard InChI is InChI=1S/C20H33NO10/c1-20(2,3)30-18(24)6-8-26-10-12-28-14-15-29-13-11-27-9-7-19(25)31-21-16(22)4-5-17(21)23/h4-15H2,1-3H3. The molecular weight excluding hydrogens is 414 g/mol. The second kappa shape index (κ2) is 14.8. The molecule has 1 rings (SSSR count). The fraction of sp³-hybridized carbons (Fsp3) is 0.800. The molecule has 11 heteroatoms. The molecule has 1 heterocycles. The van der Waals surface area contributed by atoms with E-state index in [2.05, 4.69) is 0 Å². The molecule has 0 unspecified atom stereocenters. The van der Waals surface area contributed by atoms with E-state index in [1.54, 1.807) is 0 Å². The van der Waals surface area contributed by atoms with Crippen molar-refractivity contribution in [3.05, 3.63) is 0 Å². The third-order valence-corrected chi connectivity index (χ3v) is 3.64. The minimum atomic E-state index is -0.703. The van der Waals surface area contributed by atoms with Gasteiger partial charge in [-0.2, -0.15) is 0 Å². The fourth-order valence-electron chi connectivity index (χ4n) is 2.27. The molecule has 0 saturated carbocycles. The van der Waals surface area contributed by atoms with E-state index in [1.165, 1.54) is 0 Å². The van der Waals surface area contributed by atoms with E-state index < -0.39 is 23.4 Å². The Morgan fingerprint density at radius 3 is 1.52 bits per heavy atom. The van der Waals surface area contributed by atoms with Crippen molar-refractivity contribution >= 4 is 23.8 Å². The van der Waals surface area contributed by atoms with Gasteiger partial charge in [-0.25, -0.2) is 4.79 Å². The monoisotopic (exact) mass is 447 g/mol. The molecule has 0 spiro atoms. The van der Waals surface area contributed by atoms with Crippen LogP contribution in [0.3, 0.4) is 0 Å². The van der Waals surface area contributed by atoms with Crippen LogP contribution in [0.4, 0.5) is 0 Å². The van der Waals surface area contributed by atoms with Gasteiger partial charge in [-0.15, -0.1) is 5.06 Å². The van der Waals surface area contributed by atoms with Crippen LogP contribution in [0.15, 0.2) is 0 Å². The summed E-state index contributed by atoms with van der Waals surface area (Å²) < 4.78 is 26.3. The lowest BCUT2D eigenvalue weighted by Gasteiger charge is -2.19. The first-order chi connectivity index (χ1) is 14.7. The van der Waals surface area contributed by atoms with E-state index in [-0.39, 0.29) is 51.5 Å². The summed E-state index contributed by atoms with van der Waals surface area (Å²) in [5.41, 5.74) is -0.492. The molecule has 0 aliphatic carbocycles. The Morgan fingerprint density at radius 1 is 0.710 bits per heavy atom. The zero-order valence-electron chi connectivity index (χ0n) is 18.5. The molecule has 2 amide bonds. The first-order valence-electron chi connectivity index (χ1n) is 10.3. The molecule has 1 saturated heterocycles. The van der Waals surface area contributed by atoms with Crippen LogP contribution >= 0.6 is 0 Å². The summed E-state index contributed by atoms with van der Waals surface area (Å²) in [7, 11) is 0. The summed E-state index contributed by atoms with van der Waals surface area (Å²) in [5.74, 6) is -2.02. The van der Waals surface area contributed by atoms with Crippen molar-refractivity contribution in [1.29, 1.82) is 0 Å². The minimum Gasteiger partial charge on any atom is -0.460 e. The van der Waals surface area contributed by atoms with Gasteiger partial charge < -0.3 is 28.5 Å². The van der Waals surface area contributed by atoms with Crippen molar-refractivity contribution in [2.45, 2.75) is 52.1 Å². The molecule has 11 nitrogen and oxygen atoms in total. The Labute approximate surface area is 182 Å². The van der Waals surface area contributed by atoms with Crippen LogP contribution in [0, 0.1) is 0 Å². The van der Waals surface area contributed by atoms with E-state index in [4.69, 9.17) is 28.5 Å². The number of ether oxygens (including phenoxy) is 5. The number of amides is 2. The van der Waals surface area contributed by atoms with Gasteiger partial charge in [0.15, 0.2) is 0 Å². The van der Waals surface area contributed by atoms with Crippen molar-refractivity contribution < 1.29 is 47.7 Å². The highest BCUT2D eigenvalue weighted by atomic mass is 16.7. The summed E-state index contributed by atoms with van der Waals surface area (Å²) in [5, 5.41) is 0.511. The first-order valence-corrected chi connectivity index (χ1v) is 10.3. The van der Waals surface area contributed by atoms with Gasteiger partial charge in [-0.05, 0) is 20.8 Å². The smallest absolute Gasteiger partial charge is 0.335 e. The zero-order chi connectivity index (χ0) is 23.1. The van der Waals surface area contributed by atoms with E-state index in [0.717, 1.165) is 0 Å². The highest BCUT2D eigenvalue weighted by Gasteiger charge is 2.32. The first kappa shape index (κ1) is 27.0. The molecule has 31 heavy (non-hydrogen) atoms. The number of carbonyl (C=O) groups excluding carboxylic acids is 4. The second-order valence-corrected chi connectivity index (χ2v) is 7.58. The number of nitrogens with zero attached hydrogens (tertiary/aromatic N) is 1. The molecule has 0 N–H and O–H groups in total. The molecular formula is C20H33NO10. The topological polar surface area (TPSA) is 127 Å². The Bertz CT molecular complexity index is 571. The lowest BCUT2D eigenvalue weighted by atomic mass is 10.2. The van der Waals surface area contributed by atoms with Crippen molar-refractivity contribution in [3.63, 3.8) is 0 Å². The molecule has 1 aliphatic rings. The van der Waals surface area contributed by atoms with E-state index >= 15 is 0 Å². The van der Waals surface area contributed by atoms with Gasteiger partial charge in [0.05, 0.1) is 65.7 Å². The van der Waals surface area contributed by atoms with Crippen LogP contribution in [-0.4, -0.2) is 87.3 Å². The van der Waals surface area contributed by atoms with Crippen molar-refractivity contribution in [2.75, 3.05) is 52.9 Å². The Kier molecular flexibility index (Phi) is 12.9. The Balaban J connectivity index is 1.82. The number of esters is 1. The predicted molar refractivity (Wildman–Crippen MR) is 106 cm³/mol. The van der Waals surface area contributed by atoms with Gasteiger partial charge in [0.25, 0.3) is 11.8 Å². The van der Waals surface area contributed by atoms with Gasteiger partial charge in [0.2, 0.25) is 0 Å². The van der Waals surface area contributed by atoms with Crippen molar-refractivity contribution in [2.24, 2.45) is 0 Å².